The number of hydrogen-bond acceptors (Lipinski definition) is 6. The van der Waals surface area contributed by atoms with Crippen LogP contribution in [0.2, 0.25) is 0 Å². The average molecular weight is 1020 g/mol. The average Bonchev–Trinajstić information content (AvgIpc) is 3.39. The maximum Gasteiger partial charge on any atom is 0.306 e. The number of rotatable bonds is 57. The lowest BCUT2D eigenvalue weighted by atomic mass is 10.0. The second-order valence-electron chi connectivity index (χ2n) is 21.0. The summed E-state index contributed by atoms with van der Waals surface area (Å²) < 4.78 is 16.9. The summed E-state index contributed by atoms with van der Waals surface area (Å²) >= 11 is 0. The van der Waals surface area contributed by atoms with Gasteiger partial charge in [-0.3, -0.25) is 14.4 Å². The fourth-order valence-electron chi connectivity index (χ4n) is 9.04. The van der Waals surface area contributed by atoms with E-state index in [0.29, 0.717) is 19.3 Å². The topological polar surface area (TPSA) is 78.9 Å². The van der Waals surface area contributed by atoms with Crippen molar-refractivity contribution in [3.8, 4) is 0 Å². The van der Waals surface area contributed by atoms with Crippen molar-refractivity contribution in [1.29, 1.82) is 0 Å². The Morgan fingerprint density at radius 1 is 0.288 bits per heavy atom. The third kappa shape index (κ3) is 59.6. The van der Waals surface area contributed by atoms with Gasteiger partial charge in [0.1, 0.15) is 13.2 Å². The maximum atomic E-state index is 12.9. The first-order valence-electron chi connectivity index (χ1n) is 31.4. The van der Waals surface area contributed by atoms with E-state index in [0.717, 1.165) is 103 Å². The Morgan fingerprint density at radius 2 is 0.534 bits per heavy atom. The minimum Gasteiger partial charge on any atom is -0.462 e. The number of carbonyl (C=O) groups excluding carboxylic acids is 3. The fourth-order valence-corrected chi connectivity index (χ4v) is 9.04. The van der Waals surface area contributed by atoms with Crippen molar-refractivity contribution in [3.63, 3.8) is 0 Å². The molecule has 422 valence electrons. The van der Waals surface area contributed by atoms with Gasteiger partial charge in [-0.15, -0.1) is 0 Å². The molecule has 0 rings (SSSR count). The molecule has 0 bridgehead atoms. The highest BCUT2D eigenvalue weighted by Crippen LogP contribution is 2.17. The summed E-state index contributed by atoms with van der Waals surface area (Å²) in [4.78, 5) is 38.3. The standard InChI is InChI=1S/C67H118O6/c1-4-7-10-13-16-19-22-25-28-30-31-32-33-34-35-36-37-38-40-42-45-48-51-54-57-60-66(69)72-63-64(62-71-65(68)59-56-53-50-47-44-41-27-24-21-18-15-12-9-6-3)73-67(70)61-58-55-52-49-46-43-39-29-26-23-20-17-14-11-8-5-2/h7,10,16,19,25,28,31-32,34-35,37-38,64H,4-6,8-9,11-15,17-18,20-24,26-27,29-30,33,36,39-63H2,1-3H3/b10-7-,19-16-,28-25-,32-31-,35-34-,38-37-. The lowest BCUT2D eigenvalue weighted by Gasteiger charge is -2.18. The normalized spacial score (nSPS) is 12.5. The van der Waals surface area contributed by atoms with Gasteiger partial charge >= 0.3 is 17.9 Å². The van der Waals surface area contributed by atoms with Crippen LogP contribution >= 0.6 is 0 Å². The Labute approximate surface area is 453 Å². The van der Waals surface area contributed by atoms with Crippen LogP contribution in [0.15, 0.2) is 72.9 Å². The zero-order chi connectivity index (χ0) is 52.9. The van der Waals surface area contributed by atoms with Crippen LogP contribution in [0.1, 0.15) is 316 Å². The molecular weight excluding hydrogens is 901 g/mol. The lowest BCUT2D eigenvalue weighted by molar-refractivity contribution is -0.167. The van der Waals surface area contributed by atoms with Crippen LogP contribution in [0, 0.1) is 0 Å². The maximum absolute atomic E-state index is 12.9. The Balaban J connectivity index is 4.34. The van der Waals surface area contributed by atoms with Gasteiger partial charge in [0.15, 0.2) is 6.10 Å². The molecule has 0 radical (unpaired) electrons. The van der Waals surface area contributed by atoms with E-state index in [2.05, 4.69) is 93.7 Å². The van der Waals surface area contributed by atoms with Crippen molar-refractivity contribution in [3.05, 3.63) is 72.9 Å². The second kappa shape index (κ2) is 61.4. The summed E-state index contributed by atoms with van der Waals surface area (Å²) in [7, 11) is 0. The molecule has 0 heterocycles. The number of unbranched alkanes of at least 4 members (excludes halogenated alkanes) is 34. The Hall–Kier alpha value is -3.15. The first-order valence-corrected chi connectivity index (χ1v) is 31.4. The molecule has 0 amide bonds. The van der Waals surface area contributed by atoms with Crippen LogP contribution in [-0.4, -0.2) is 37.2 Å². The molecule has 0 aliphatic rings. The van der Waals surface area contributed by atoms with E-state index in [1.807, 2.05) is 0 Å². The molecule has 0 aromatic heterocycles. The summed E-state index contributed by atoms with van der Waals surface area (Å²) in [6, 6.07) is 0. The van der Waals surface area contributed by atoms with Gasteiger partial charge in [-0.25, -0.2) is 0 Å². The fraction of sp³-hybridized carbons (Fsp3) is 0.776. The zero-order valence-corrected chi connectivity index (χ0v) is 48.4. The molecule has 0 spiro atoms. The summed E-state index contributed by atoms with van der Waals surface area (Å²) in [5, 5.41) is 0. The molecule has 0 fully saturated rings. The van der Waals surface area contributed by atoms with E-state index >= 15 is 0 Å². The van der Waals surface area contributed by atoms with Crippen molar-refractivity contribution in [2.24, 2.45) is 0 Å². The minimum absolute atomic E-state index is 0.0754. The zero-order valence-electron chi connectivity index (χ0n) is 48.4. The summed E-state index contributed by atoms with van der Waals surface area (Å²) in [6.45, 7) is 6.56. The van der Waals surface area contributed by atoms with E-state index in [9.17, 15) is 14.4 Å². The van der Waals surface area contributed by atoms with Gasteiger partial charge in [0.25, 0.3) is 0 Å². The number of carbonyl (C=O) groups is 3. The molecule has 0 N–H and O–H groups in total. The van der Waals surface area contributed by atoms with E-state index in [-0.39, 0.29) is 31.1 Å². The number of allylic oxidation sites excluding steroid dienone is 12. The van der Waals surface area contributed by atoms with Crippen LogP contribution in [0.3, 0.4) is 0 Å². The van der Waals surface area contributed by atoms with Crippen molar-refractivity contribution in [2.75, 3.05) is 13.2 Å². The molecule has 0 saturated carbocycles. The van der Waals surface area contributed by atoms with E-state index in [1.54, 1.807) is 0 Å². The highest BCUT2D eigenvalue weighted by molar-refractivity contribution is 5.71. The third-order valence-corrected chi connectivity index (χ3v) is 13.7. The van der Waals surface area contributed by atoms with Crippen molar-refractivity contribution < 1.29 is 28.6 Å². The number of hydrogen-bond donors (Lipinski definition) is 0. The van der Waals surface area contributed by atoms with E-state index in [4.69, 9.17) is 14.2 Å². The molecule has 0 aliphatic carbocycles. The van der Waals surface area contributed by atoms with Crippen LogP contribution in [0.25, 0.3) is 0 Å². The van der Waals surface area contributed by atoms with Crippen LogP contribution in [-0.2, 0) is 28.6 Å². The van der Waals surface area contributed by atoms with Crippen molar-refractivity contribution in [1.82, 2.24) is 0 Å². The summed E-state index contributed by atoms with van der Waals surface area (Å²) in [5.74, 6) is -0.873. The molecular formula is C67H118O6. The Bertz CT molecular complexity index is 1360. The molecule has 0 aliphatic heterocycles. The highest BCUT2D eigenvalue weighted by atomic mass is 16.6. The SMILES string of the molecule is CC/C=C\C/C=C\C/C=C\C/C=C\C/C=C\C/C=C\CCCCCCCCC(=O)OCC(COC(=O)CCCCCCCCCCCCCCCC)OC(=O)CCCCCCCCCCCCCCCCCC. The second-order valence-corrected chi connectivity index (χ2v) is 21.0. The van der Waals surface area contributed by atoms with Gasteiger partial charge in [-0.1, -0.05) is 299 Å². The smallest absolute Gasteiger partial charge is 0.306 e. The number of ether oxygens (including phenoxy) is 3. The largest absolute Gasteiger partial charge is 0.462 e. The van der Waals surface area contributed by atoms with Crippen LogP contribution in [0.5, 0.6) is 0 Å². The van der Waals surface area contributed by atoms with Gasteiger partial charge < -0.3 is 14.2 Å². The molecule has 0 saturated heterocycles. The molecule has 1 unspecified atom stereocenters. The van der Waals surface area contributed by atoms with Crippen molar-refractivity contribution in [2.45, 2.75) is 322 Å². The molecule has 73 heavy (non-hydrogen) atoms. The highest BCUT2D eigenvalue weighted by Gasteiger charge is 2.19. The molecule has 0 aromatic carbocycles. The minimum atomic E-state index is -0.779. The first-order chi connectivity index (χ1) is 36.0. The van der Waals surface area contributed by atoms with Gasteiger partial charge in [-0.2, -0.15) is 0 Å². The molecule has 6 nitrogen and oxygen atoms in total. The first kappa shape index (κ1) is 69.8. The predicted molar refractivity (Wildman–Crippen MR) is 316 cm³/mol. The monoisotopic (exact) mass is 1020 g/mol. The predicted octanol–water partition coefficient (Wildman–Crippen LogP) is 21.3. The van der Waals surface area contributed by atoms with Gasteiger partial charge in [-0.05, 0) is 70.6 Å². The summed E-state index contributed by atoms with van der Waals surface area (Å²) in [5.41, 5.74) is 0. The third-order valence-electron chi connectivity index (χ3n) is 13.7. The Morgan fingerprint density at radius 3 is 0.836 bits per heavy atom. The molecule has 1 atom stereocenters. The quantitative estimate of drug-likeness (QED) is 0.0261. The van der Waals surface area contributed by atoms with Gasteiger partial charge in [0.2, 0.25) is 0 Å². The Kier molecular flexibility index (Phi) is 58.7. The number of esters is 3. The van der Waals surface area contributed by atoms with E-state index < -0.39 is 6.10 Å². The van der Waals surface area contributed by atoms with Gasteiger partial charge in [0, 0.05) is 19.3 Å². The van der Waals surface area contributed by atoms with Crippen LogP contribution in [0.4, 0.5) is 0 Å². The lowest BCUT2D eigenvalue weighted by Crippen LogP contribution is -2.30. The van der Waals surface area contributed by atoms with Crippen molar-refractivity contribution >= 4 is 17.9 Å². The van der Waals surface area contributed by atoms with Gasteiger partial charge in [0.05, 0.1) is 0 Å². The molecule has 0 aromatic rings. The van der Waals surface area contributed by atoms with Crippen LogP contribution < -0.4 is 0 Å². The molecule has 6 heteroatoms. The summed E-state index contributed by atoms with van der Waals surface area (Å²) in [6.07, 6.45) is 79.0. The van der Waals surface area contributed by atoms with E-state index in [1.165, 1.54) is 173 Å².